The number of rotatable bonds is 7. The minimum atomic E-state index is -1.39. The van der Waals surface area contributed by atoms with Gasteiger partial charge in [0.15, 0.2) is 0 Å². The van der Waals surface area contributed by atoms with Crippen molar-refractivity contribution in [3.05, 3.63) is 0 Å². The average molecular weight is 343 g/mol. The summed E-state index contributed by atoms with van der Waals surface area (Å²) in [5.41, 5.74) is -0.574. The lowest BCUT2D eigenvalue weighted by Crippen LogP contribution is -2.60. The van der Waals surface area contributed by atoms with Gasteiger partial charge in [0.25, 0.3) is 6.10 Å². The number of hydroxylamine groups is 2. The summed E-state index contributed by atoms with van der Waals surface area (Å²) in [7, 11) is 0. The van der Waals surface area contributed by atoms with Gasteiger partial charge in [-0.2, -0.15) is 5.06 Å². The highest BCUT2D eigenvalue weighted by Crippen LogP contribution is 2.39. The van der Waals surface area contributed by atoms with Gasteiger partial charge in [0.2, 0.25) is 0 Å². The summed E-state index contributed by atoms with van der Waals surface area (Å²) < 4.78 is 10.2. The Bertz CT molecular complexity index is 429. The Hall–Kier alpha value is -1.14. The molecule has 6 nitrogen and oxygen atoms in total. The summed E-state index contributed by atoms with van der Waals surface area (Å²) in [6.45, 7) is 14.2. The lowest BCUT2D eigenvalue weighted by Gasteiger charge is -2.51. The molecule has 1 aliphatic heterocycles. The number of piperidine rings is 1. The van der Waals surface area contributed by atoms with Gasteiger partial charge in [-0.3, -0.25) is 4.84 Å². The van der Waals surface area contributed by atoms with Crippen molar-refractivity contribution in [2.24, 2.45) is 5.92 Å². The summed E-state index contributed by atoms with van der Waals surface area (Å²) >= 11 is 0. The van der Waals surface area contributed by atoms with Crippen LogP contribution in [0.15, 0.2) is 0 Å². The summed E-state index contributed by atoms with van der Waals surface area (Å²) in [6.07, 6.45) is 1.53. The van der Waals surface area contributed by atoms with E-state index >= 15 is 0 Å². The van der Waals surface area contributed by atoms with E-state index in [0.717, 1.165) is 19.3 Å². The van der Waals surface area contributed by atoms with E-state index in [-0.39, 0.29) is 30.2 Å². The molecule has 0 radical (unpaired) electrons. The zero-order chi connectivity index (χ0) is 18.5. The Balaban J connectivity index is 2.97. The first-order chi connectivity index (χ1) is 11.0. The van der Waals surface area contributed by atoms with Crippen LogP contribution in [0.5, 0.6) is 0 Å². The van der Waals surface area contributed by atoms with Crippen LogP contribution in [0, 0.1) is 5.92 Å². The zero-order valence-corrected chi connectivity index (χ0v) is 16.2. The molecule has 0 N–H and O–H groups in total. The molecule has 1 saturated heterocycles. The molecule has 0 amide bonds. The molecule has 1 rings (SSSR count). The van der Waals surface area contributed by atoms with Crippen LogP contribution < -0.4 is 0 Å². The van der Waals surface area contributed by atoms with Crippen molar-refractivity contribution >= 4 is 11.9 Å². The van der Waals surface area contributed by atoms with Crippen molar-refractivity contribution in [2.75, 3.05) is 13.2 Å². The highest BCUT2D eigenvalue weighted by molar-refractivity contribution is 5.98. The van der Waals surface area contributed by atoms with Gasteiger partial charge in [-0.25, -0.2) is 9.59 Å². The van der Waals surface area contributed by atoms with E-state index in [4.69, 9.17) is 14.3 Å². The zero-order valence-electron chi connectivity index (χ0n) is 16.2. The fourth-order valence-electron chi connectivity index (χ4n) is 3.09. The molecule has 0 aromatic carbocycles. The van der Waals surface area contributed by atoms with E-state index in [2.05, 4.69) is 27.7 Å². The standard InChI is InChI=1S/C18H33NO5/c1-8-22-15(20)14(16(21)23-12-13(2)3)24-19-17(4,5)10-9-11-18(19,6)7/h13-14H,8-12H2,1-7H3. The number of ether oxygens (including phenoxy) is 2. The van der Waals surface area contributed by atoms with Crippen LogP contribution in [0.2, 0.25) is 0 Å². The van der Waals surface area contributed by atoms with E-state index in [1.807, 2.05) is 13.8 Å². The quantitative estimate of drug-likeness (QED) is 0.523. The monoisotopic (exact) mass is 343 g/mol. The van der Waals surface area contributed by atoms with Crippen molar-refractivity contribution in [3.63, 3.8) is 0 Å². The summed E-state index contributed by atoms with van der Waals surface area (Å²) in [5, 5.41) is 1.78. The van der Waals surface area contributed by atoms with Crippen molar-refractivity contribution in [2.45, 2.75) is 84.9 Å². The Morgan fingerprint density at radius 3 is 1.96 bits per heavy atom. The fraction of sp³-hybridized carbons (Fsp3) is 0.889. The predicted molar refractivity (Wildman–Crippen MR) is 91.2 cm³/mol. The average Bonchev–Trinajstić information content (AvgIpc) is 2.43. The van der Waals surface area contributed by atoms with Crippen molar-refractivity contribution in [1.29, 1.82) is 0 Å². The normalized spacial score (nSPS) is 21.3. The van der Waals surface area contributed by atoms with Crippen LogP contribution >= 0.6 is 0 Å². The van der Waals surface area contributed by atoms with Crippen LogP contribution in [-0.4, -0.2) is 47.4 Å². The number of carbonyl (C=O) groups excluding carboxylic acids is 2. The lowest BCUT2D eigenvalue weighted by atomic mass is 9.82. The van der Waals surface area contributed by atoms with Crippen LogP contribution in [0.3, 0.4) is 0 Å². The van der Waals surface area contributed by atoms with Gasteiger partial charge in [0.1, 0.15) is 0 Å². The fourth-order valence-corrected chi connectivity index (χ4v) is 3.09. The number of carbonyl (C=O) groups is 2. The van der Waals surface area contributed by atoms with Crippen molar-refractivity contribution in [3.8, 4) is 0 Å². The van der Waals surface area contributed by atoms with Crippen LogP contribution in [0.25, 0.3) is 0 Å². The molecular weight excluding hydrogens is 310 g/mol. The Labute approximate surface area is 145 Å². The first-order valence-electron chi connectivity index (χ1n) is 8.81. The third kappa shape index (κ3) is 5.45. The predicted octanol–water partition coefficient (Wildman–Crippen LogP) is 3.09. The minimum absolute atomic E-state index is 0.180. The second kappa shape index (κ2) is 8.30. The topological polar surface area (TPSA) is 65.1 Å². The maximum Gasteiger partial charge on any atom is 0.349 e. The Morgan fingerprint density at radius 2 is 1.50 bits per heavy atom. The third-order valence-corrected chi connectivity index (χ3v) is 4.16. The van der Waals surface area contributed by atoms with E-state index in [1.165, 1.54) is 0 Å². The molecule has 0 aromatic heterocycles. The van der Waals surface area contributed by atoms with E-state index in [0.29, 0.717) is 0 Å². The summed E-state index contributed by atoms with van der Waals surface area (Å²) in [5.74, 6) is -1.22. The van der Waals surface area contributed by atoms with E-state index in [9.17, 15) is 9.59 Å². The van der Waals surface area contributed by atoms with Crippen molar-refractivity contribution < 1.29 is 23.9 Å². The van der Waals surface area contributed by atoms with E-state index in [1.54, 1.807) is 12.0 Å². The van der Waals surface area contributed by atoms with Gasteiger partial charge in [-0.15, -0.1) is 0 Å². The highest BCUT2D eigenvalue weighted by Gasteiger charge is 2.46. The number of esters is 2. The molecule has 1 unspecified atom stereocenters. The molecule has 0 spiro atoms. The Kier molecular flexibility index (Phi) is 7.23. The molecule has 1 heterocycles. The van der Waals surface area contributed by atoms with Crippen LogP contribution in [-0.2, 0) is 23.9 Å². The van der Waals surface area contributed by atoms with Gasteiger partial charge in [-0.1, -0.05) is 13.8 Å². The van der Waals surface area contributed by atoms with Gasteiger partial charge in [-0.05, 0) is 59.8 Å². The van der Waals surface area contributed by atoms with Gasteiger partial charge < -0.3 is 9.47 Å². The maximum atomic E-state index is 12.4. The Morgan fingerprint density at radius 1 is 1.00 bits per heavy atom. The minimum Gasteiger partial charge on any atom is -0.464 e. The molecule has 0 aliphatic carbocycles. The molecule has 24 heavy (non-hydrogen) atoms. The maximum absolute atomic E-state index is 12.4. The lowest BCUT2D eigenvalue weighted by molar-refractivity contribution is -0.300. The summed E-state index contributed by atoms with van der Waals surface area (Å²) in [4.78, 5) is 30.6. The second-order valence-corrected chi connectivity index (χ2v) is 8.03. The number of nitrogens with zero attached hydrogens (tertiary/aromatic N) is 1. The SMILES string of the molecule is CCOC(=O)C(ON1C(C)(C)CCCC1(C)C)C(=O)OCC(C)C. The highest BCUT2D eigenvalue weighted by atomic mass is 16.7. The van der Waals surface area contributed by atoms with Gasteiger partial charge in [0, 0.05) is 11.1 Å². The smallest absolute Gasteiger partial charge is 0.349 e. The molecule has 1 fully saturated rings. The van der Waals surface area contributed by atoms with Gasteiger partial charge >= 0.3 is 11.9 Å². The van der Waals surface area contributed by atoms with Crippen LogP contribution in [0.4, 0.5) is 0 Å². The number of hydrogen-bond donors (Lipinski definition) is 0. The first kappa shape index (κ1) is 20.9. The molecule has 6 heteroatoms. The largest absolute Gasteiger partial charge is 0.464 e. The summed E-state index contributed by atoms with van der Waals surface area (Å²) in [6, 6.07) is 0. The van der Waals surface area contributed by atoms with E-state index < -0.39 is 18.0 Å². The molecular formula is C18H33NO5. The van der Waals surface area contributed by atoms with Gasteiger partial charge in [0.05, 0.1) is 13.2 Å². The third-order valence-electron chi connectivity index (χ3n) is 4.16. The van der Waals surface area contributed by atoms with Crippen molar-refractivity contribution in [1.82, 2.24) is 5.06 Å². The molecule has 0 saturated carbocycles. The number of hydrogen-bond acceptors (Lipinski definition) is 6. The van der Waals surface area contributed by atoms with Crippen LogP contribution in [0.1, 0.15) is 67.7 Å². The molecule has 140 valence electrons. The first-order valence-corrected chi connectivity index (χ1v) is 8.81. The molecule has 0 aromatic rings. The molecule has 1 atom stereocenters. The molecule has 1 aliphatic rings. The second-order valence-electron chi connectivity index (χ2n) is 8.03. The molecule has 0 bridgehead atoms.